The molecule has 0 unspecified atom stereocenters. The van der Waals surface area contributed by atoms with Crippen molar-refractivity contribution in [1.82, 2.24) is 14.9 Å². The Morgan fingerprint density at radius 3 is 2.42 bits per heavy atom. The molecule has 4 aromatic rings. The number of rotatable bonds is 7. The quantitative estimate of drug-likeness (QED) is 0.258. The number of amides is 2. The van der Waals surface area contributed by atoms with Gasteiger partial charge in [0.15, 0.2) is 0 Å². The maximum atomic E-state index is 12.4. The molecule has 1 saturated heterocycles. The predicted octanol–water partition coefficient (Wildman–Crippen LogP) is 7.23. The fraction of sp³-hybridized carbons (Fsp3) is 0.438. The SMILES string of the molecule is Cc1coc(-c2c(-c3ccc(NC(=O)NC4CCC4)cc3)n(C3CCC3)c3cc(OC4CCOCC4)ccc23)n1. The molecule has 2 aromatic heterocycles. The molecule has 0 atom stereocenters. The number of nitrogens with one attached hydrogen (secondary N) is 2. The average Bonchev–Trinajstić information content (AvgIpc) is 3.47. The van der Waals surface area contributed by atoms with Crippen LogP contribution in [0.4, 0.5) is 10.5 Å². The van der Waals surface area contributed by atoms with Crippen molar-refractivity contribution in [3.63, 3.8) is 0 Å². The number of oxazole rings is 1. The van der Waals surface area contributed by atoms with Gasteiger partial charge >= 0.3 is 6.03 Å². The number of ether oxygens (including phenoxy) is 2. The van der Waals surface area contributed by atoms with Crippen LogP contribution in [0.25, 0.3) is 33.6 Å². The van der Waals surface area contributed by atoms with Crippen LogP contribution in [0.3, 0.4) is 0 Å². The van der Waals surface area contributed by atoms with E-state index in [0.29, 0.717) is 18.0 Å². The Balaban J connectivity index is 1.29. The lowest BCUT2D eigenvalue weighted by Gasteiger charge is -2.30. The summed E-state index contributed by atoms with van der Waals surface area (Å²) in [6.07, 6.45) is 10.5. The van der Waals surface area contributed by atoms with Crippen molar-refractivity contribution in [3.05, 3.63) is 54.4 Å². The first-order valence-corrected chi connectivity index (χ1v) is 14.6. The van der Waals surface area contributed by atoms with E-state index in [1.807, 2.05) is 19.1 Å². The second kappa shape index (κ2) is 10.7. The van der Waals surface area contributed by atoms with Gasteiger partial charge in [-0.2, -0.15) is 0 Å². The smallest absolute Gasteiger partial charge is 0.319 e. The van der Waals surface area contributed by atoms with Crippen molar-refractivity contribution in [2.45, 2.75) is 76.5 Å². The molecular formula is C32H36N4O4. The van der Waals surface area contributed by atoms with Crippen LogP contribution in [-0.2, 0) is 4.74 Å². The van der Waals surface area contributed by atoms with Crippen LogP contribution in [0, 0.1) is 6.92 Å². The van der Waals surface area contributed by atoms with Crippen molar-refractivity contribution in [2.24, 2.45) is 0 Å². The Kier molecular flexibility index (Phi) is 6.71. The van der Waals surface area contributed by atoms with Gasteiger partial charge in [0.1, 0.15) is 18.1 Å². The number of benzene rings is 2. The Labute approximate surface area is 234 Å². The fourth-order valence-corrected chi connectivity index (χ4v) is 5.96. The van der Waals surface area contributed by atoms with Gasteiger partial charge in [-0.05, 0) is 75.3 Å². The van der Waals surface area contributed by atoms with Gasteiger partial charge in [0.2, 0.25) is 5.89 Å². The first-order valence-electron chi connectivity index (χ1n) is 14.6. The molecular weight excluding hydrogens is 504 g/mol. The lowest BCUT2D eigenvalue weighted by Crippen LogP contribution is -2.41. The third-order valence-electron chi connectivity index (χ3n) is 8.58. The number of anilines is 1. The molecule has 8 nitrogen and oxygen atoms in total. The van der Waals surface area contributed by atoms with Crippen molar-refractivity contribution in [3.8, 4) is 28.5 Å². The number of fused-ring (bicyclic) bond motifs is 1. The van der Waals surface area contributed by atoms with Gasteiger partial charge in [-0.25, -0.2) is 9.78 Å². The van der Waals surface area contributed by atoms with Crippen LogP contribution in [-0.4, -0.2) is 40.9 Å². The van der Waals surface area contributed by atoms with E-state index >= 15 is 0 Å². The molecule has 3 heterocycles. The summed E-state index contributed by atoms with van der Waals surface area (Å²) in [6, 6.07) is 15.1. The number of nitrogens with zero attached hydrogens (tertiary/aromatic N) is 2. The number of aromatic nitrogens is 2. The molecule has 2 saturated carbocycles. The zero-order chi connectivity index (χ0) is 27.1. The van der Waals surface area contributed by atoms with Crippen molar-refractivity contribution >= 4 is 22.6 Å². The molecule has 2 aliphatic carbocycles. The second-order valence-electron chi connectivity index (χ2n) is 11.4. The molecule has 0 bridgehead atoms. The highest BCUT2D eigenvalue weighted by Crippen LogP contribution is 2.47. The second-order valence-corrected chi connectivity index (χ2v) is 11.4. The van der Waals surface area contributed by atoms with Gasteiger partial charge < -0.3 is 29.1 Å². The van der Waals surface area contributed by atoms with E-state index in [9.17, 15) is 4.79 Å². The summed E-state index contributed by atoms with van der Waals surface area (Å²) < 4.78 is 20.4. The predicted molar refractivity (Wildman–Crippen MR) is 155 cm³/mol. The molecule has 2 N–H and O–H groups in total. The minimum atomic E-state index is -0.144. The Morgan fingerprint density at radius 1 is 1.00 bits per heavy atom. The minimum Gasteiger partial charge on any atom is -0.490 e. The molecule has 40 heavy (non-hydrogen) atoms. The summed E-state index contributed by atoms with van der Waals surface area (Å²) >= 11 is 0. The van der Waals surface area contributed by atoms with E-state index in [4.69, 9.17) is 18.9 Å². The van der Waals surface area contributed by atoms with Crippen LogP contribution in [0.2, 0.25) is 0 Å². The molecule has 2 aromatic carbocycles. The molecule has 8 heteroatoms. The zero-order valence-electron chi connectivity index (χ0n) is 22.9. The van der Waals surface area contributed by atoms with E-state index in [1.165, 1.54) is 12.8 Å². The van der Waals surface area contributed by atoms with Gasteiger partial charge in [-0.1, -0.05) is 12.1 Å². The summed E-state index contributed by atoms with van der Waals surface area (Å²) in [5, 5.41) is 7.13. The largest absolute Gasteiger partial charge is 0.490 e. The summed E-state index contributed by atoms with van der Waals surface area (Å²) in [7, 11) is 0. The molecule has 0 radical (unpaired) electrons. The van der Waals surface area contributed by atoms with Crippen LogP contribution in [0.15, 0.2) is 53.1 Å². The van der Waals surface area contributed by atoms with Gasteiger partial charge in [-0.3, -0.25) is 0 Å². The van der Waals surface area contributed by atoms with Crippen LogP contribution < -0.4 is 15.4 Å². The lowest BCUT2D eigenvalue weighted by molar-refractivity contribution is 0.0256. The maximum Gasteiger partial charge on any atom is 0.319 e. The number of carbonyl (C=O) groups excluding carboxylic acids is 1. The number of hydrogen-bond donors (Lipinski definition) is 2. The van der Waals surface area contributed by atoms with Gasteiger partial charge in [0.05, 0.1) is 35.7 Å². The highest BCUT2D eigenvalue weighted by atomic mass is 16.5. The molecule has 1 aliphatic heterocycles. The average molecular weight is 541 g/mol. The summed E-state index contributed by atoms with van der Waals surface area (Å²) in [5.74, 6) is 1.51. The standard InChI is InChI=1S/C32H36N4O4/c1-20-19-39-31(33-20)29-27-13-12-26(40-25-14-16-38-17-15-25)18-28(27)36(24-6-3-7-24)30(29)21-8-10-23(11-9-21)35-32(37)34-22-4-2-5-22/h8-13,18-19,22,24-25H,2-7,14-17H2,1H3,(H2,34,35,37). The molecule has 3 aliphatic rings. The van der Waals surface area contributed by atoms with E-state index in [1.54, 1.807) is 6.26 Å². The number of hydrogen-bond acceptors (Lipinski definition) is 5. The van der Waals surface area contributed by atoms with E-state index < -0.39 is 0 Å². The van der Waals surface area contributed by atoms with Gasteiger partial charge in [-0.15, -0.1) is 0 Å². The first kappa shape index (κ1) is 25.2. The van der Waals surface area contributed by atoms with Crippen molar-refractivity contribution in [1.29, 1.82) is 0 Å². The summed E-state index contributed by atoms with van der Waals surface area (Å²) in [6.45, 7) is 3.44. The molecule has 3 fully saturated rings. The molecule has 208 valence electrons. The van der Waals surface area contributed by atoms with Gasteiger partial charge in [0, 0.05) is 42.1 Å². The molecule has 0 spiro atoms. The van der Waals surface area contributed by atoms with Crippen molar-refractivity contribution < 1.29 is 18.7 Å². The number of carbonyl (C=O) groups is 1. The van der Waals surface area contributed by atoms with Crippen LogP contribution in [0.5, 0.6) is 5.75 Å². The topological polar surface area (TPSA) is 90.6 Å². The monoisotopic (exact) mass is 540 g/mol. The van der Waals surface area contributed by atoms with E-state index in [2.05, 4.69) is 45.5 Å². The minimum absolute atomic E-state index is 0.144. The highest BCUT2D eigenvalue weighted by Gasteiger charge is 2.30. The number of urea groups is 1. The Bertz CT molecular complexity index is 1510. The third kappa shape index (κ3) is 4.85. The van der Waals surface area contributed by atoms with Crippen LogP contribution in [0.1, 0.15) is 63.1 Å². The van der Waals surface area contributed by atoms with Crippen LogP contribution >= 0.6 is 0 Å². The summed E-state index contributed by atoms with van der Waals surface area (Å²) in [4.78, 5) is 17.2. The van der Waals surface area contributed by atoms with E-state index in [0.717, 1.165) is 96.6 Å². The Hall–Kier alpha value is -3.78. The fourth-order valence-electron chi connectivity index (χ4n) is 5.96. The normalized spacial score (nSPS) is 18.3. The maximum absolute atomic E-state index is 12.4. The highest BCUT2D eigenvalue weighted by molar-refractivity contribution is 6.03. The first-order chi connectivity index (χ1) is 19.6. The lowest BCUT2D eigenvalue weighted by atomic mass is 9.92. The summed E-state index contributed by atoms with van der Waals surface area (Å²) in [5.41, 5.74) is 5.91. The van der Waals surface area contributed by atoms with Crippen molar-refractivity contribution in [2.75, 3.05) is 18.5 Å². The zero-order valence-corrected chi connectivity index (χ0v) is 22.9. The molecule has 7 rings (SSSR count). The Morgan fingerprint density at radius 2 is 1.77 bits per heavy atom. The van der Waals surface area contributed by atoms with E-state index in [-0.39, 0.29) is 12.1 Å². The third-order valence-corrected chi connectivity index (χ3v) is 8.58. The van der Waals surface area contributed by atoms with Gasteiger partial charge in [0.25, 0.3) is 0 Å². The number of aryl methyl sites for hydroxylation is 1. The molecule has 2 amide bonds.